The van der Waals surface area contributed by atoms with Crippen molar-refractivity contribution in [2.45, 2.75) is 12.1 Å². The van der Waals surface area contributed by atoms with E-state index in [1.54, 1.807) is 46.2 Å². The lowest BCUT2D eigenvalue weighted by molar-refractivity contribution is 0.00709. The molecule has 0 spiro atoms. The number of amides is 2. The molecule has 2 aromatic carbocycles. The second kappa shape index (κ2) is 6.46. The molecule has 146 valence electrons. The molecule has 0 aliphatic carbocycles. The van der Waals surface area contributed by atoms with Crippen LogP contribution in [0.5, 0.6) is 0 Å². The van der Waals surface area contributed by atoms with Crippen molar-refractivity contribution in [1.82, 2.24) is 9.80 Å². The van der Waals surface area contributed by atoms with E-state index in [4.69, 9.17) is 16.0 Å². The number of fused-ring (bicyclic) bond motifs is 2. The summed E-state index contributed by atoms with van der Waals surface area (Å²) in [5.74, 6) is -1.02. The highest BCUT2D eigenvalue weighted by Crippen LogP contribution is 2.46. The maximum atomic E-state index is 14.7. The number of nitrogens with zero attached hydrogens (tertiary/aromatic N) is 2. The highest BCUT2D eigenvalue weighted by molar-refractivity contribution is 6.30. The molecule has 2 amide bonds. The van der Waals surface area contributed by atoms with Crippen molar-refractivity contribution in [3.05, 3.63) is 94.2 Å². The lowest BCUT2D eigenvalue weighted by Crippen LogP contribution is -2.58. The molecule has 1 unspecified atom stereocenters. The number of hydrogen-bond acceptors (Lipinski definition) is 3. The standard InChI is InChI=1S/C22H16ClFN2O3/c23-16-6-4-15(5-7-16)22-12-18-17(2-1-3-19(18)24)21(28)26(22)10-9-25(22)20(27)14-8-11-29-13-14/h1-8,11,13H,9-10,12H2. The molecule has 29 heavy (non-hydrogen) atoms. The Hall–Kier alpha value is -3.12. The molecule has 3 heterocycles. The van der Waals surface area contributed by atoms with Crippen LogP contribution in [-0.2, 0) is 12.1 Å². The maximum absolute atomic E-state index is 14.7. The molecule has 0 N–H and O–H groups in total. The predicted molar refractivity (Wildman–Crippen MR) is 104 cm³/mol. The number of hydrogen-bond donors (Lipinski definition) is 0. The van der Waals surface area contributed by atoms with E-state index in [0.717, 1.165) is 0 Å². The first-order chi connectivity index (χ1) is 14.0. The molecule has 5 rings (SSSR count). The van der Waals surface area contributed by atoms with Gasteiger partial charge in [0.1, 0.15) is 17.7 Å². The molecule has 2 aliphatic rings. The van der Waals surface area contributed by atoms with E-state index in [-0.39, 0.29) is 18.2 Å². The van der Waals surface area contributed by atoms with Crippen LogP contribution in [0.4, 0.5) is 4.39 Å². The second-order valence-corrected chi connectivity index (χ2v) is 7.63. The van der Waals surface area contributed by atoms with Gasteiger partial charge in [0.15, 0.2) is 0 Å². The van der Waals surface area contributed by atoms with Crippen LogP contribution in [0.1, 0.15) is 31.8 Å². The van der Waals surface area contributed by atoms with Gasteiger partial charge in [-0.3, -0.25) is 9.59 Å². The van der Waals surface area contributed by atoms with Crippen molar-refractivity contribution in [1.29, 1.82) is 0 Å². The Morgan fingerprint density at radius 3 is 2.62 bits per heavy atom. The lowest BCUT2D eigenvalue weighted by atomic mass is 9.83. The van der Waals surface area contributed by atoms with Crippen LogP contribution in [0.3, 0.4) is 0 Å². The zero-order valence-electron chi connectivity index (χ0n) is 15.3. The average molecular weight is 411 g/mol. The number of benzene rings is 2. The van der Waals surface area contributed by atoms with Crippen molar-refractivity contribution < 1.29 is 18.4 Å². The number of halogens is 2. The molecule has 0 saturated carbocycles. The SMILES string of the molecule is O=C(c1ccoc1)N1CCN2C(=O)c3cccc(F)c3CC12c1ccc(Cl)cc1. The monoisotopic (exact) mass is 410 g/mol. The number of carbonyl (C=O) groups excluding carboxylic acids is 2. The van der Waals surface area contributed by atoms with Gasteiger partial charge >= 0.3 is 0 Å². The van der Waals surface area contributed by atoms with E-state index >= 15 is 0 Å². The zero-order valence-corrected chi connectivity index (χ0v) is 16.0. The smallest absolute Gasteiger partial charge is 0.259 e. The molecule has 5 nitrogen and oxygen atoms in total. The minimum absolute atomic E-state index is 0.159. The Morgan fingerprint density at radius 2 is 1.90 bits per heavy atom. The summed E-state index contributed by atoms with van der Waals surface area (Å²) in [6, 6.07) is 13.1. The number of furan rings is 1. The van der Waals surface area contributed by atoms with Crippen molar-refractivity contribution >= 4 is 23.4 Å². The summed E-state index contributed by atoms with van der Waals surface area (Å²) in [6.07, 6.45) is 2.96. The Bertz CT molecular complexity index is 1110. The summed E-state index contributed by atoms with van der Waals surface area (Å²) in [6.45, 7) is 0.676. The first kappa shape index (κ1) is 17.9. The molecule has 0 bridgehead atoms. The molecule has 2 aliphatic heterocycles. The number of carbonyl (C=O) groups is 2. The summed E-state index contributed by atoms with van der Waals surface area (Å²) in [7, 11) is 0. The van der Waals surface area contributed by atoms with Gasteiger partial charge in [0, 0.05) is 35.7 Å². The highest BCUT2D eigenvalue weighted by Gasteiger charge is 2.56. The highest BCUT2D eigenvalue weighted by atomic mass is 35.5. The average Bonchev–Trinajstić information content (AvgIpc) is 3.38. The molecule has 0 radical (unpaired) electrons. The van der Waals surface area contributed by atoms with Gasteiger partial charge in [-0.25, -0.2) is 4.39 Å². The van der Waals surface area contributed by atoms with Crippen molar-refractivity contribution in [2.24, 2.45) is 0 Å². The van der Waals surface area contributed by atoms with Gasteiger partial charge < -0.3 is 14.2 Å². The predicted octanol–water partition coefficient (Wildman–Crippen LogP) is 4.08. The summed E-state index contributed by atoms with van der Waals surface area (Å²) >= 11 is 6.07. The van der Waals surface area contributed by atoms with Crippen LogP contribution in [0, 0.1) is 5.82 Å². The minimum atomic E-state index is -1.13. The third-order valence-corrected chi connectivity index (χ3v) is 6.03. The minimum Gasteiger partial charge on any atom is -0.472 e. The van der Waals surface area contributed by atoms with Gasteiger partial charge in [-0.05, 0) is 35.9 Å². The van der Waals surface area contributed by atoms with E-state index < -0.39 is 11.5 Å². The van der Waals surface area contributed by atoms with E-state index in [9.17, 15) is 14.0 Å². The third-order valence-electron chi connectivity index (χ3n) is 5.78. The molecule has 1 saturated heterocycles. The fourth-order valence-corrected chi connectivity index (χ4v) is 4.57. The molecular weight excluding hydrogens is 395 g/mol. The first-order valence-electron chi connectivity index (χ1n) is 9.22. The Morgan fingerprint density at radius 1 is 1.10 bits per heavy atom. The lowest BCUT2D eigenvalue weighted by Gasteiger charge is -2.47. The van der Waals surface area contributed by atoms with Gasteiger partial charge in [-0.2, -0.15) is 0 Å². The normalized spacial score (nSPS) is 20.6. The summed E-state index contributed by atoms with van der Waals surface area (Å²) in [4.78, 5) is 29.9. The summed E-state index contributed by atoms with van der Waals surface area (Å²) < 4.78 is 19.8. The van der Waals surface area contributed by atoms with Gasteiger partial charge in [0.25, 0.3) is 11.8 Å². The van der Waals surface area contributed by atoms with E-state index in [1.165, 1.54) is 24.7 Å². The van der Waals surface area contributed by atoms with Crippen LogP contribution < -0.4 is 0 Å². The molecule has 3 aromatic rings. The van der Waals surface area contributed by atoms with Crippen molar-refractivity contribution in [2.75, 3.05) is 13.1 Å². The largest absolute Gasteiger partial charge is 0.472 e. The zero-order chi connectivity index (χ0) is 20.2. The van der Waals surface area contributed by atoms with E-state index in [1.807, 2.05) is 0 Å². The fourth-order valence-electron chi connectivity index (χ4n) is 4.45. The Balaban J connectivity index is 1.73. The first-order valence-corrected chi connectivity index (χ1v) is 9.60. The molecule has 1 atom stereocenters. The van der Waals surface area contributed by atoms with Crippen molar-refractivity contribution in [3.8, 4) is 0 Å². The van der Waals surface area contributed by atoms with Crippen LogP contribution in [0.2, 0.25) is 5.02 Å². The van der Waals surface area contributed by atoms with E-state index in [2.05, 4.69) is 0 Å². The maximum Gasteiger partial charge on any atom is 0.259 e. The van der Waals surface area contributed by atoms with Gasteiger partial charge in [-0.15, -0.1) is 0 Å². The second-order valence-electron chi connectivity index (χ2n) is 7.19. The van der Waals surface area contributed by atoms with Gasteiger partial charge in [0.2, 0.25) is 0 Å². The summed E-state index contributed by atoms with van der Waals surface area (Å²) in [5.41, 5.74) is 0.610. The van der Waals surface area contributed by atoms with Crippen LogP contribution in [0.25, 0.3) is 0 Å². The molecule has 1 aromatic heterocycles. The fraction of sp³-hybridized carbons (Fsp3) is 0.182. The van der Waals surface area contributed by atoms with Crippen molar-refractivity contribution in [3.63, 3.8) is 0 Å². The third kappa shape index (κ3) is 2.52. The topological polar surface area (TPSA) is 53.8 Å². The summed E-state index contributed by atoms with van der Waals surface area (Å²) in [5, 5.41) is 0.538. The van der Waals surface area contributed by atoms with E-state index in [0.29, 0.717) is 40.4 Å². The van der Waals surface area contributed by atoms with Gasteiger partial charge in [-0.1, -0.05) is 29.8 Å². The Kier molecular flexibility index (Phi) is 3.99. The number of rotatable bonds is 2. The quantitative estimate of drug-likeness (QED) is 0.639. The Labute approximate surface area is 171 Å². The molecular formula is C22H16ClFN2O3. The van der Waals surface area contributed by atoms with Crippen LogP contribution >= 0.6 is 11.6 Å². The van der Waals surface area contributed by atoms with Crippen LogP contribution in [-0.4, -0.2) is 34.7 Å². The van der Waals surface area contributed by atoms with Gasteiger partial charge in [0.05, 0.1) is 11.8 Å². The molecule has 7 heteroatoms. The van der Waals surface area contributed by atoms with Crippen LogP contribution in [0.15, 0.2) is 65.5 Å². The molecule has 1 fully saturated rings.